The normalized spacial score (nSPS) is 11.1. The monoisotopic (exact) mass is 333 g/mol. The molecule has 0 bridgehead atoms. The van der Waals surface area contributed by atoms with E-state index >= 15 is 0 Å². The second-order valence-electron chi connectivity index (χ2n) is 4.65. The zero-order valence-corrected chi connectivity index (χ0v) is 13.3. The number of nitrogens with one attached hydrogen (secondary N) is 1. The second-order valence-corrected chi connectivity index (χ2v) is 7.54. The Kier molecular flexibility index (Phi) is 8.15. The fourth-order valence-corrected chi connectivity index (χ4v) is 2.59. The molecule has 21 heavy (non-hydrogen) atoms. The first-order valence-electron chi connectivity index (χ1n) is 6.84. The summed E-state index contributed by atoms with van der Waals surface area (Å²) in [5, 5.41) is 2.65. The molecule has 0 saturated heterocycles. The molecule has 0 spiro atoms. The van der Waals surface area contributed by atoms with Crippen LogP contribution < -0.4 is 5.32 Å². The topological polar surface area (TPSA) is 72.5 Å². The van der Waals surface area contributed by atoms with Crippen molar-refractivity contribution in [2.75, 3.05) is 12.3 Å². The van der Waals surface area contributed by atoms with Gasteiger partial charge in [-0.05, 0) is 18.4 Å². The summed E-state index contributed by atoms with van der Waals surface area (Å²) in [6, 6.07) is 9.45. The van der Waals surface area contributed by atoms with E-state index in [1.165, 1.54) is 0 Å². The summed E-state index contributed by atoms with van der Waals surface area (Å²) in [6.45, 7) is 0.765. The number of carbonyl (C=O) groups excluding carboxylic acids is 1. The van der Waals surface area contributed by atoms with E-state index in [1.807, 2.05) is 30.3 Å². The van der Waals surface area contributed by atoms with E-state index in [1.54, 1.807) is 0 Å². The van der Waals surface area contributed by atoms with Crippen LogP contribution in [0.25, 0.3) is 0 Å². The van der Waals surface area contributed by atoms with Crippen LogP contribution in [0.1, 0.15) is 31.2 Å². The van der Waals surface area contributed by atoms with E-state index < -0.39 is 15.1 Å². The molecule has 0 heterocycles. The Balaban J connectivity index is 1.99. The summed E-state index contributed by atoms with van der Waals surface area (Å²) in [4.78, 5) is 11.4. The summed E-state index contributed by atoms with van der Waals surface area (Å²) >= 11 is 0. The van der Waals surface area contributed by atoms with Crippen molar-refractivity contribution in [2.24, 2.45) is 0 Å². The van der Waals surface area contributed by atoms with Gasteiger partial charge in [0.05, 0.1) is 5.75 Å². The molecule has 1 aromatic carbocycles. The van der Waals surface area contributed by atoms with Gasteiger partial charge in [-0.1, -0.05) is 43.2 Å². The van der Waals surface area contributed by atoms with Gasteiger partial charge >= 0.3 is 6.09 Å². The number of hydrogen-bond acceptors (Lipinski definition) is 4. The number of carbonyl (C=O) groups is 1. The van der Waals surface area contributed by atoms with E-state index in [0.29, 0.717) is 13.0 Å². The maximum atomic E-state index is 11.4. The van der Waals surface area contributed by atoms with Crippen LogP contribution >= 0.6 is 10.7 Å². The smallest absolute Gasteiger partial charge is 0.407 e. The van der Waals surface area contributed by atoms with Crippen molar-refractivity contribution >= 4 is 25.8 Å². The number of hydrogen-bond donors (Lipinski definition) is 1. The Morgan fingerprint density at radius 3 is 2.43 bits per heavy atom. The molecule has 1 N–H and O–H groups in total. The highest BCUT2D eigenvalue weighted by atomic mass is 35.7. The fraction of sp³-hybridized carbons (Fsp3) is 0.500. The highest BCUT2D eigenvalue weighted by molar-refractivity contribution is 8.13. The average Bonchev–Trinajstić information content (AvgIpc) is 2.44. The number of halogens is 1. The van der Waals surface area contributed by atoms with Crippen LogP contribution in [-0.2, 0) is 20.4 Å². The van der Waals surface area contributed by atoms with Crippen LogP contribution in [0.4, 0.5) is 4.79 Å². The molecule has 0 fully saturated rings. The first kappa shape index (κ1) is 17.8. The van der Waals surface area contributed by atoms with Crippen LogP contribution in [-0.4, -0.2) is 26.8 Å². The average molecular weight is 334 g/mol. The second kappa shape index (κ2) is 9.63. The lowest BCUT2D eigenvalue weighted by Crippen LogP contribution is -2.25. The van der Waals surface area contributed by atoms with E-state index in [-0.39, 0.29) is 12.4 Å². The summed E-state index contributed by atoms with van der Waals surface area (Å²) in [7, 11) is 1.72. The van der Waals surface area contributed by atoms with Gasteiger partial charge in [-0.3, -0.25) is 0 Å². The molecule has 118 valence electrons. The molecule has 1 amide bonds. The van der Waals surface area contributed by atoms with Gasteiger partial charge in [-0.25, -0.2) is 13.2 Å². The molecular weight excluding hydrogens is 314 g/mol. The Hall–Kier alpha value is -1.27. The van der Waals surface area contributed by atoms with Crippen LogP contribution in [0.2, 0.25) is 0 Å². The first-order chi connectivity index (χ1) is 9.97. The number of ether oxygens (including phenoxy) is 1. The van der Waals surface area contributed by atoms with Crippen molar-refractivity contribution in [3.8, 4) is 0 Å². The fourth-order valence-electron chi connectivity index (χ4n) is 1.72. The van der Waals surface area contributed by atoms with Gasteiger partial charge in [-0.2, -0.15) is 0 Å². The Morgan fingerprint density at radius 1 is 1.10 bits per heavy atom. The van der Waals surface area contributed by atoms with E-state index in [0.717, 1.165) is 24.8 Å². The predicted octanol–water partition coefficient (Wildman–Crippen LogP) is 3.04. The molecule has 0 aliphatic rings. The molecule has 0 saturated carbocycles. The largest absolute Gasteiger partial charge is 0.445 e. The van der Waals surface area contributed by atoms with Crippen molar-refractivity contribution in [1.82, 2.24) is 5.32 Å². The van der Waals surface area contributed by atoms with Gasteiger partial charge in [0.2, 0.25) is 9.05 Å². The molecule has 0 aromatic heterocycles. The van der Waals surface area contributed by atoms with Crippen molar-refractivity contribution < 1.29 is 17.9 Å². The quantitative estimate of drug-likeness (QED) is 0.557. The number of rotatable bonds is 9. The molecule has 0 unspecified atom stereocenters. The maximum absolute atomic E-state index is 11.4. The molecule has 0 atom stereocenters. The van der Waals surface area contributed by atoms with Gasteiger partial charge in [0.15, 0.2) is 0 Å². The summed E-state index contributed by atoms with van der Waals surface area (Å²) in [5.41, 5.74) is 0.940. The molecular formula is C14H20ClNO4S. The molecule has 5 nitrogen and oxygen atoms in total. The number of benzene rings is 1. The van der Waals surface area contributed by atoms with Crippen molar-refractivity contribution in [3.05, 3.63) is 35.9 Å². The molecule has 0 radical (unpaired) electrons. The van der Waals surface area contributed by atoms with Crippen LogP contribution in [0.15, 0.2) is 30.3 Å². The molecule has 7 heteroatoms. The summed E-state index contributed by atoms with van der Waals surface area (Å²) in [6.07, 6.45) is 2.49. The molecule has 0 aliphatic heterocycles. The van der Waals surface area contributed by atoms with Crippen molar-refractivity contribution in [2.45, 2.75) is 32.3 Å². The van der Waals surface area contributed by atoms with Gasteiger partial charge in [-0.15, -0.1) is 0 Å². The zero-order valence-electron chi connectivity index (χ0n) is 11.8. The Morgan fingerprint density at radius 2 is 1.76 bits per heavy atom. The lowest BCUT2D eigenvalue weighted by molar-refractivity contribution is 0.139. The lowest BCUT2D eigenvalue weighted by Gasteiger charge is -2.07. The van der Waals surface area contributed by atoms with E-state index in [2.05, 4.69) is 5.32 Å². The minimum absolute atomic E-state index is 0.00109. The van der Waals surface area contributed by atoms with Crippen LogP contribution in [0.3, 0.4) is 0 Å². The highest BCUT2D eigenvalue weighted by Crippen LogP contribution is 2.05. The minimum Gasteiger partial charge on any atom is -0.445 e. The number of alkyl carbamates (subject to hydrolysis) is 1. The number of unbranched alkanes of at least 4 members (excludes halogenated alkanes) is 3. The Labute approximate surface area is 130 Å². The van der Waals surface area contributed by atoms with E-state index in [9.17, 15) is 13.2 Å². The van der Waals surface area contributed by atoms with Crippen LogP contribution in [0, 0.1) is 0 Å². The third-order valence-corrected chi connectivity index (χ3v) is 4.04. The van der Waals surface area contributed by atoms with Crippen molar-refractivity contribution in [1.29, 1.82) is 0 Å². The lowest BCUT2D eigenvalue weighted by atomic mass is 10.2. The number of amides is 1. The summed E-state index contributed by atoms with van der Waals surface area (Å²) < 4.78 is 26.4. The zero-order chi connectivity index (χ0) is 15.6. The van der Waals surface area contributed by atoms with Crippen molar-refractivity contribution in [3.63, 3.8) is 0 Å². The maximum Gasteiger partial charge on any atom is 0.407 e. The van der Waals surface area contributed by atoms with Gasteiger partial charge < -0.3 is 10.1 Å². The highest BCUT2D eigenvalue weighted by Gasteiger charge is 2.04. The van der Waals surface area contributed by atoms with E-state index in [4.69, 9.17) is 15.4 Å². The predicted molar refractivity (Wildman–Crippen MR) is 82.7 cm³/mol. The summed E-state index contributed by atoms with van der Waals surface area (Å²) in [5.74, 6) is 0.00109. The van der Waals surface area contributed by atoms with Gasteiger partial charge in [0.1, 0.15) is 6.61 Å². The third-order valence-electron chi connectivity index (χ3n) is 2.80. The SMILES string of the molecule is O=C(NCCCCCCS(=O)(=O)Cl)OCc1ccccc1. The van der Waals surface area contributed by atoms with Gasteiger partial charge in [0.25, 0.3) is 0 Å². The Bertz CT molecular complexity index is 519. The third kappa shape index (κ3) is 10.1. The first-order valence-corrected chi connectivity index (χ1v) is 9.32. The van der Waals surface area contributed by atoms with Gasteiger partial charge in [0, 0.05) is 17.2 Å². The van der Waals surface area contributed by atoms with Crippen LogP contribution in [0.5, 0.6) is 0 Å². The molecule has 0 aliphatic carbocycles. The molecule has 1 aromatic rings. The minimum atomic E-state index is -3.38. The molecule has 1 rings (SSSR count). The standard InChI is InChI=1S/C14H20ClNO4S/c15-21(18,19)11-7-2-1-6-10-16-14(17)20-12-13-8-4-3-5-9-13/h3-5,8-9H,1-2,6-7,10-12H2,(H,16,17).